The summed E-state index contributed by atoms with van der Waals surface area (Å²) in [6, 6.07) is 8.15. The summed E-state index contributed by atoms with van der Waals surface area (Å²) in [6.45, 7) is 10.5. The van der Waals surface area contributed by atoms with E-state index in [9.17, 15) is 4.79 Å². The fraction of sp³-hybridized carbons (Fsp3) is 0.545. The van der Waals surface area contributed by atoms with Crippen LogP contribution in [0, 0.1) is 0 Å². The largest absolute Gasteiger partial charge is 0.494 e. The van der Waals surface area contributed by atoms with Gasteiger partial charge < -0.3 is 14.4 Å². The molecule has 1 fully saturated rings. The SMILES string of the molecule is CCOc1ccccc1CN1CCc2c(nc(N3CC(C)OC(C)C3)[nH]c2=O)C1. The molecule has 0 amide bonds. The Morgan fingerprint density at radius 3 is 2.76 bits per heavy atom. The zero-order valence-electron chi connectivity index (χ0n) is 17.5. The molecule has 2 unspecified atom stereocenters. The average molecular weight is 399 g/mol. The van der Waals surface area contributed by atoms with Crippen molar-refractivity contribution >= 4 is 5.95 Å². The molecular weight excluding hydrogens is 368 g/mol. The van der Waals surface area contributed by atoms with Crippen molar-refractivity contribution in [1.29, 1.82) is 0 Å². The number of hydrogen-bond donors (Lipinski definition) is 1. The number of morpholine rings is 1. The van der Waals surface area contributed by atoms with Crippen LogP contribution in [0.4, 0.5) is 5.95 Å². The first kappa shape index (κ1) is 19.9. The van der Waals surface area contributed by atoms with Crippen LogP contribution in [-0.2, 0) is 24.2 Å². The van der Waals surface area contributed by atoms with Gasteiger partial charge in [0.2, 0.25) is 5.95 Å². The van der Waals surface area contributed by atoms with E-state index in [0.29, 0.717) is 25.5 Å². The quantitative estimate of drug-likeness (QED) is 0.834. The van der Waals surface area contributed by atoms with Crippen molar-refractivity contribution in [3.05, 3.63) is 51.4 Å². The molecule has 4 rings (SSSR count). The van der Waals surface area contributed by atoms with Crippen molar-refractivity contribution in [2.75, 3.05) is 31.1 Å². The fourth-order valence-electron chi connectivity index (χ4n) is 4.29. The summed E-state index contributed by atoms with van der Waals surface area (Å²) in [4.78, 5) is 25.0. The molecule has 0 spiro atoms. The minimum Gasteiger partial charge on any atom is -0.494 e. The predicted molar refractivity (Wildman–Crippen MR) is 113 cm³/mol. The number of fused-ring (bicyclic) bond motifs is 1. The van der Waals surface area contributed by atoms with Gasteiger partial charge >= 0.3 is 0 Å². The minimum absolute atomic E-state index is 0.00818. The topological polar surface area (TPSA) is 70.7 Å². The second-order valence-corrected chi connectivity index (χ2v) is 7.98. The highest BCUT2D eigenvalue weighted by molar-refractivity contribution is 5.36. The smallest absolute Gasteiger partial charge is 0.255 e. The Labute approximate surface area is 171 Å². The Kier molecular flexibility index (Phi) is 5.87. The zero-order valence-corrected chi connectivity index (χ0v) is 17.5. The van der Waals surface area contributed by atoms with Gasteiger partial charge in [-0.2, -0.15) is 0 Å². The number of rotatable bonds is 5. The van der Waals surface area contributed by atoms with E-state index >= 15 is 0 Å². The zero-order chi connectivity index (χ0) is 20.4. The Morgan fingerprint density at radius 2 is 2.00 bits per heavy atom. The van der Waals surface area contributed by atoms with Crippen LogP contribution in [0.2, 0.25) is 0 Å². The van der Waals surface area contributed by atoms with E-state index < -0.39 is 0 Å². The molecule has 1 aromatic heterocycles. The number of nitrogens with zero attached hydrogens (tertiary/aromatic N) is 3. The lowest BCUT2D eigenvalue weighted by molar-refractivity contribution is -0.00576. The van der Waals surface area contributed by atoms with Gasteiger partial charge in [-0.05, 0) is 33.3 Å². The van der Waals surface area contributed by atoms with Crippen molar-refractivity contribution in [2.45, 2.75) is 52.5 Å². The summed E-state index contributed by atoms with van der Waals surface area (Å²) in [5, 5.41) is 0. The van der Waals surface area contributed by atoms with Crippen molar-refractivity contribution in [2.24, 2.45) is 0 Å². The van der Waals surface area contributed by atoms with Crippen LogP contribution >= 0.6 is 0 Å². The first-order valence-corrected chi connectivity index (χ1v) is 10.5. The summed E-state index contributed by atoms with van der Waals surface area (Å²) in [7, 11) is 0. The maximum Gasteiger partial charge on any atom is 0.255 e. The molecular formula is C22H30N4O3. The van der Waals surface area contributed by atoms with E-state index in [0.717, 1.165) is 43.2 Å². The van der Waals surface area contributed by atoms with Crippen molar-refractivity contribution in [3.63, 3.8) is 0 Å². The molecule has 3 heterocycles. The minimum atomic E-state index is -0.00818. The summed E-state index contributed by atoms with van der Waals surface area (Å²) in [6.07, 6.45) is 0.947. The van der Waals surface area contributed by atoms with Crippen LogP contribution in [0.15, 0.2) is 29.1 Å². The van der Waals surface area contributed by atoms with E-state index in [1.54, 1.807) is 0 Å². The lowest BCUT2D eigenvalue weighted by Crippen LogP contribution is -2.47. The number of benzene rings is 1. The molecule has 0 bridgehead atoms. The van der Waals surface area contributed by atoms with Crippen molar-refractivity contribution < 1.29 is 9.47 Å². The van der Waals surface area contributed by atoms with Crippen molar-refractivity contribution in [1.82, 2.24) is 14.9 Å². The Hall–Kier alpha value is -2.38. The Morgan fingerprint density at radius 1 is 1.24 bits per heavy atom. The highest BCUT2D eigenvalue weighted by Crippen LogP contribution is 2.24. The number of nitrogens with one attached hydrogen (secondary N) is 1. The number of anilines is 1. The van der Waals surface area contributed by atoms with Gasteiger partial charge in [0.05, 0.1) is 24.5 Å². The average Bonchev–Trinajstić information content (AvgIpc) is 2.68. The van der Waals surface area contributed by atoms with Crippen LogP contribution in [0.5, 0.6) is 5.75 Å². The Bertz CT molecular complexity index is 903. The third-order valence-corrected chi connectivity index (χ3v) is 5.53. The van der Waals surface area contributed by atoms with E-state index in [4.69, 9.17) is 14.5 Å². The van der Waals surface area contributed by atoms with Crippen LogP contribution < -0.4 is 15.2 Å². The van der Waals surface area contributed by atoms with Crippen LogP contribution in [0.25, 0.3) is 0 Å². The van der Waals surface area contributed by atoms with Gasteiger partial charge in [-0.25, -0.2) is 4.98 Å². The third kappa shape index (κ3) is 4.46. The summed E-state index contributed by atoms with van der Waals surface area (Å²) >= 11 is 0. The molecule has 2 atom stereocenters. The highest BCUT2D eigenvalue weighted by atomic mass is 16.5. The number of aromatic amines is 1. The lowest BCUT2D eigenvalue weighted by atomic mass is 10.1. The molecule has 2 aliphatic heterocycles. The predicted octanol–water partition coefficient (Wildman–Crippen LogP) is 2.34. The van der Waals surface area contributed by atoms with Gasteiger partial charge in [0.15, 0.2) is 0 Å². The standard InChI is InChI=1S/C22H30N4O3/c1-4-28-20-8-6-5-7-17(20)13-25-10-9-18-19(14-25)23-22(24-21(18)27)26-11-15(2)29-16(3)12-26/h5-8,15-16H,4,9-14H2,1-3H3,(H,23,24,27). The molecule has 0 saturated carbocycles. The molecule has 7 nitrogen and oxygen atoms in total. The maximum atomic E-state index is 12.7. The molecule has 1 N–H and O–H groups in total. The van der Waals surface area contributed by atoms with Gasteiger partial charge in [-0.1, -0.05) is 18.2 Å². The highest BCUT2D eigenvalue weighted by Gasteiger charge is 2.27. The molecule has 1 aromatic carbocycles. The molecule has 29 heavy (non-hydrogen) atoms. The van der Waals surface area contributed by atoms with Crippen LogP contribution in [0.1, 0.15) is 37.6 Å². The van der Waals surface area contributed by atoms with Crippen molar-refractivity contribution in [3.8, 4) is 5.75 Å². The fourth-order valence-corrected chi connectivity index (χ4v) is 4.29. The van der Waals surface area contributed by atoms with Gasteiger partial charge in [0.25, 0.3) is 5.56 Å². The normalized spacial score (nSPS) is 22.4. The van der Waals surface area contributed by atoms with Crippen LogP contribution in [-0.4, -0.2) is 53.3 Å². The van der Waals surface area contributed by atoms with Crippen LogP contribution in [0.3, 0.4) is 0 Å². The number of hydrogen-bond acceptors (Lipinski definition) is 6. The van der Waals surface area contributed by atoms with E-state index in [1.807, 2.05) is 25.1 Å². The second-order valence-electron chi connectivity index (χ2n) is 7.98. The molecule has 0 radical (unpaired) electrons. The molecule has 2 aliphatic rings. The molecule has 2 aromatic rings. The van der Waals surface area contributed by atoms with Gasteiger partial charge in [-0.15, -0.1) is 0 Å². The van der Waals surface area contributed by atoms with E-state index in [2.05, 4.69) is 34.7 Å². The summed E-state index contributed by atoms with van der Waals surface area (Å²) in [5.41, 5.74) is 2.86. The monoisotopic (exact) mass is 398 g/mol. The number of ether oxygens (including phenoxy) is 2. The number of H-pyrrole nitrogens is 1. The number of aromatic nitrogens is 2. The molecule has 1 saturated heterocycles. The molecule has 7 heteroatoms. The first-order valence-electron chi connectivity index (χ1n) is 10.5. The van der Waals surface area contributed by atoms with E-state index in [1.165, 1.54) is 5.56 Å². The molecule has 156 valence electrons. The summed E-state index contributed by atoms with van der Waals surface area (Å²) < 4.78 is 11.6. The third-order valence-electron chi connectivity index (χ3n) is 5.53. The first-order chi connectivity index (χ1) is 14.0. The Balaban J connectivity index is 1.54. The van der Waals surface area contributed by atoms with Gasteiger partial charge in [0, 0.05) is 43.9 Å². The van der Waals surface area contributed by atoms with Gasteiger partial charge in [-0.3, -0.25) is 14.7 Å². The van der Waals surface area contributed by atoms with Gasteiger partial charge in [0.1, 0.15) is 5.75 Å². The lowest BCUT2D eigenvalue weighted by Gasteiger charge is -2.36. The second kappa shape index (κ2) is 8.55. The maximum absolute atomic E-state index is 12.7. The summed E-state index contributed by atoms with van der Waals surface area (Å²) in [5.74, 6) is 1.59. The number of para-hydroxylation sites is 1. The molecule has 0 aliphatic carbocycles. The van der Waals surface area contributed by atoms with E-state index in [-0.39, 0.29) is 17.8 Å².